The number of nitrogens with one attached hydrogen (secondary N) is 1. The number of aryl methyl sites for hydroxylation is 1. The summed E-state index contributed by atoms with van der Waals surface area (Å²) in [7, 11) is 0. The maximum absolute atomic E-state index is 10.7. The third-order valence-electron chi connectivity index (χ3n) is 2.54. The van der Waals surface area contributed by atoms with Crippen LogP contribution in [0, 0.1) is 6.92 Å². The van der Waals surface area contributed by atoms with Crippen molar-refractivity contribution in [2.45, 2.75) is 26.7 Å². The summed E-state index contributed by atoms with van der Waals surface area (Å²) in [5.41, 5.74) is 2.67. The molecule has 88 valence electrons. The molecule has 0 spiro atoms. The summed E-state index contributed by atoms with van der Waals surface area (Å²) in [5.74, 6) is 0.242. The molecule has 0 atom stereocenters. The van der Waals surface area contributed by atoms with Gasteiger partial charge in [0.1, 0.15) is 5.78 Å². The van der Waals surface area contributed by atoms with E-state index in [0.717, 1.165) is 24.0 Å². The molecule has 1 rings (SSSR count). The molecule has 0 aromatic heterocycles. The Labute approximate surface area is 106 Å². The fraction of sp³-hybridized carbons (Fsp3) is 0.462. The van der Waals surface area contributed by atoms with Crippen LogP contribution >= 0.6 is 15.9 Å². The number of halogens is 1. The Kier molecular flexibility index (Phi) is 5.71. The van der Waals surface area contributed by atoms with Gasteiger partial charge in [0.05, 0.1) is 0 Å². The van der Waals surface area contributed by atoms with Crippen LogP contribution in [0.1, 0.15) is 24.5 Å². The van der Waals surface area contributed by atoms with E-state index in [1.54, 1.807) is 6.92 Å². The maximum Gasteiger partial charge on any atom is 0.131 e. The molecule has 16 heavy (non-hydrogen) atoms. The molecule has 2 nitrogen and oxygen atoms in total. The molecule has 0 heterocycles. The summed E-state index contributed by atoms with van der Waals surface area (Å²) >= 11 is 3.47. The predicted octanol–water partition coefficient (Wildman–Crippen LogP) is 2.87. The second-order valence-corrected chi connectivity index (χ2v) is 4.94. The van der Waals surface area contributed by atoms with Gasteiger partial charge >= 0.3 is 0 Å². The molecule has 0 aliphatic carbocycles. The monoisotopic (exact) mass is 283 g/mol. The van der Waals surface area contributed by atoms with E-state index in [9.17, 15) is 4.79 Å². The van der Waals surface area contributed by atoms with Gasteiger partial charge in [-0.3, -0.25) is 4.79 Å². The van der Waals surface area contributed by atoms with Gasteiger partial charge in [-0.2, -0.15) is 0 Å². The predicted molar refractivity (Wildman–Crippen MR) is 70.8 cm³/mol. The highest BCUT2D eigenvalue weighted by atomic mass is 79.9. The molecule has 0 unspecified atom stereocenters. The standard InChI is InChI=1S/C13H18BrNO/c1-10-3-4-13(14)9-12(10)6-8-15-7-5-11(2)16/h3-4,9,15H,5-8H2,1-2H3. The molecule has 0 fully saturated rings. The second-order valence-electron chi connectivity index (χ2n) is 4.02. The number of rotatable bonds is 6. The molecule has 3 heteroatoms. The summed E-state index contributed by atoms with van der Waals surface area (Å²) in [4.78, 5) is 10.7. The highest BCUT2D eigenvalue weighted by Crippen LogP contribution is 2.16. The Morgan fingerprint density at radius 1 is 1.38 bits per heavy atom. The maximum atomic E-state index is 10.7. The van der Waals surface area contributed by atoms with E-state index in [1.165, 1.54) is 11.1 Å². The van der Waals surface area contributed by atoms with Gasteiger partial charge in [0.2, 0.25) is 0 Å². The van der Waals surface area contributed by atoms with Crippen LogP contribution in [0.3, 0.4) is 0 Å². The van der Waals surface area contributed by atoms with Gasteiger partial charge in [-0.25, -0.2) is 0 Å². The number of Topliss-reactive ketones (excluding diaryl/α,β-unsaturated/α-hetero) is 1. The molecular weight excluding hydrogens is 266 g/mol. The Hall–Kier alpha value is -0.670. The van der Waals surface area contributed by atoms with E-state index >= 15 is 0 Å². The first-order chi connectivity index (χ1) is 7.59. The lowest BCUT2D eigenvalue weighted by Gasteiger charge is -2.07. The Balaban J connectivity index is 2.31. The number of carbonyl (C=O) groups excluding carboxylic acids is 1. The van der Waals surface area contributed by atoms with E-state index < -0.39 is 0 Å². The zero-order chi connectivity index (χ0) is 12.0. The van der Waals surface area contributed by atoms with Crippen LogP contribution in [0.2, 0.25) is 0 Å². The third-order valence-corrected chi connectivity index (χ3v) is 3.03. The highest BCUT2D eigenvalue weighted by Gasteiger charge is 1.99. The van der Waals surface area contributed by atoms with Crippen LogP contribution in [0.15, 0.2) is 22.7 Å². The minimum Gasteiger partial charge on any atom is -0.316 e. The van der Waals surface area contributed by atoms with Crippen molar-refractivity contribution in [1.82, 2.24) is 5.32 Å². The van der Waals surface area contributed by atoms with Crippen LogP contribution in [0.25, 0.3) is 0 Å². The first-order valence-corrected chi connectivity index (χ1v) is 6.34. The van der Waals surface area contributed by atoms with Crippen molar-refractivity contribution in [1.29, 1.82) is 0 Å². The fourth-order valence-electron chi connectivity index (χ4n) is 1.52. The lowest BCUT2D eigenvalue weighted by Crippen LogP contribution is -2.20. The zero-order valence-electron chi connectivity index (χ0n) is 9.85. The van der Waals surface area contributed by atoms with Crippen LogP contribution < -0.4 is 5.32 Å². The molecule has 0 saturated heterocycles. The van der Waals surface area contributed by atoms with Gasteiger partial charge in [-0.15, -0.1) is 0 Å². The third kappa shape index (κ3) is 4.90. The molecule has 0 bridgehead atoms. The number of hydrogen-bond donors (Lipinski definition) is 1. The SMILES string of the molecule is CC(=O)CCNCCc1cc(Br)ccc1C. The van der Waals surface area contributed by atoms with Crippen LogP contribution in [0.4, 0.5) is 0 Å². The number of benzene rings is 1. The normalized spacial score (nSPS) is 10.4. The van der Waals surface area contributed by atoms with Crippen molar-refractivity contribution < 1.29 is 4.79 Å². The van der Waals surface area contributed by atoms with Crippen molar-refractivity contribution >= 4 is 21.7 Å². The molecule has 0 radical (unpaired) electrons. The number of ketones is 1. The van der Waals surface area contributed by atoms with Gasteiger partial charge in [-0.05, 0) is 50.1 Å². The lowest BCUT2D eigenvalue weighted by atomic mass is 10.1. The summed E-state index contributed by atoms with van der Waals surface area (Å²) in [6.45, 7) is 5.45. The second kappa shape index (κ2) is 6.81. The van der Waals surface area contributed by atoms with Gasteiger partial charge in [-0.1, -0.05) is 22.0 Å². The highest BCUT2D eigenvalue weighted by molar-refractivity contribution is 9.10. The van der Waals surface area contributed by atoms with Crippen LogP contribution in [-0.2, 0) is 11.2 Å². The molecule has 0 aliphatic heterocycles. The summed E-state index contributed by atoms with van der Waals surface area (Å²) < 4.78 is 1.12. The Bertz CT molecular complexity index is 363. The molecule has 1 aromatic rings. The summed E-state index contributed by atoms with van der Waals surface area (Å²) in [5, 5.41) is 3.28. The minimum atomic E-state index is 0.242. The topological polar surface area (TPSA) is 29.1 Å². The summed E-state index contributed by atoms with van der Waals surface area (Å²) in [6.07, 6.45) is 1.63. The molecule has 0 saturated carbocycles. The van der Waals surface area contributed by atoms with Crippen molar-refractivity contribution in [3.8, 4) is 0 Å². The van der Waals surface area contributed by atoms with Crippen molar-refractivity contribution in [2.75, 3.05) is 13.1 Å². The lowest BCUT2D eigenvalue weighted by molar-refractivity contribution is -0.116. The largest absolute Gasteiger partial charge is 0.316 e. The van der Waals surface area contributed by atoms with E-state index in [0.29, 0.717) is 6.42 Å². The fourth-order valence-corrected chi connectivity index (χ4v) is 1.93. The average Bonchev–Trinajstić information content (AvgIpc) is 2.22. The summed E-state index contributed by atoms with van der Waals surface area (Å²) in [6, 6.07) is 6.33. The van der Waals surface area contributed by atoms with Crippen LogP contribution in [0.5, 0.6) is 0 Å². The van der Waals surface area contributed by atoms with E-state index in [1.807, 2.05) is 0 Å². The van der Waals surface area contributed by atoms with E-state index in [4.69, 9.17) is 0 Å². The van der Waals surface area contributed by atoms with Gasteiger partial charge < -0.3 is 5.32 Å². The number of carbonyl (C=O) groups is 1. The van der Waals surface area contributed by atoms with E-state index in [2.05, 4.69) is 46.4 Å². The Morgan fingerprint density at radius 2 is 2.12 bits per heavy atom. The first kappa shape index (κ1) is 13.4. The minimum absolute atomic E-state index is 0.242. The van der Waals surface area contributed by atoms with Gasteiger partial charge in [0, 0.05) is 17.4 Å². The molecule has 0 amide bonds. The molecule has 1 aromatic carbocycles. The van der Waals surface area contributed by atoms with Crippen LogP contribution in [-0.4, -0.2) is 18.9 Å². The van der Waals surface area contributed by atoms with Crippen molar-refractivity contribution in [2.24, 2.45) is 0 Å². The zero-order valence-corrected chi connectivity index (χ0v) is 11.4. The number of hydrogen-bond acceptors (Lipinski definition) is 2. The Morgan fingerprint density at radius 3 is 2.81 bits per heavy atom. The van der Waals surface area contributed by atoms with Gasteiger partial charge in [0.25, 0.3) is 0 Å². The van der Waals surface area contributed by atoms with Gasteiger partial charge in [0.15, 0.2) is 0 Å². The first-order valence-electron chi connectivity index (χ1n) is 5.55. The van der Waals surface area contributed by atoms with E-state index in [-0.39, 0.29) is 5.78 Å². The molecular formula is C13H18BrNO. The average molecular weight is 284 g/mol. The van der Waals surface area contributed by atoms with Crippen molar-refractivity contribution in [3.63, 3.8) is 0 Å². The smallest absolute Gasteiger partial charge is 0.131 e. The van der Waals surface area contributed by atoms with Crippen molar-refractivity contribution in [3.05, 3.63) is 33.8 Å². The molecule has 0 aliphatic rings. The quantitative estimate of drug-likeness (QED) is 0.814. The molecule has 1 N–H and O–H groups in total.